The molecule has 31 heavy (non-hydrogen) atoms. The van der Waals surface area contributed by atoms with E-state index in [1.54, 1.807) is 12.0 Å². The number of para-hydroxylation sites is 1. The van der Waals surface area contributed by atoms with Crippen LogP contribution in [0.2, 0.25) is 0 Å². The molecule has 4 nitrogen and oxygen atoms in total. The van der Waals surface area contributed by atoms with Crippen molar-refractivity contribution in [1.82, 2.24) is 0 Å². The second kappa shape index (κ2) is 9.37. The van der Waals surface area contributed by atoms with Crippen LogP contribution in [0.15, 0.2) is 77.7 Å². The lowest BCUT2D eigenvalue weighted by Gasteiger charge is -2.14. The van der Waals surface area contributed by atoms with Gasteiger partial charge < -0.3 is 9.47 Å². The van der Waals surface area contributed by atoms with Crippen molar-refractivity contribution in [3.63, 3.8) is 0 Å². The topological polar surface area (TPSA) is 38.8 Å². The molecule has 0 aliphatic carbocycles. The molecule has 0 radical (unpaired) electrons. The van der Waals surface area contributed by atoms with Gasteiger partial charge in [0.25, 0.3) is 5.91 Å². The Balaban J connectivity index is 1.54. The molecule has 6 heteroatoms. The number of carbonyl (C=O) groups excluding carboxylic acids is 1. The second-order valence-corrected chi connectivity index (χ2v) is 8.65. The zero-order valence-corrected chi connectivity index (χ0v) is 18.8. The van der Waals surface area contributed by atoms with E-state index in [4.69, 9.17) is 21.7 Å². The third-order valence-corrected chi connectivity index (χ3v) is 6.24. The minimum Gasteiger partial charge on any atom is -0.493 e. The number of thioether (sulfide) groups is 1. The van der Waals surface area contributed by atoms with Gasteiger partial charge in [-0.2, -0.15) is 0 Å². The summed E-state index contributed by atoms with van der Waals surface area (Å²) in [6.07, 6.45) is 1.83. The molecule has 0 N–H and O–H groups in total. The number of carbonyl (C=O) groups is 1. The van der Waals surface area contributed by atoms with Gasteiger partial charge in [0.15, 0.2) is 15.8 Å². The molecule has 3 aromatic carbocycles. The molecule has 1 fully saturated rings. The number of benzene rings is 3. The van der Waals surface area contributed by atoms with Gasteiger partial charge in [0.2, 0.25) is 0 Å². The summed E-state index contributed by atoms with van der Waals surface area (Å²) in [5, 5.41) is 0. The van der Waals surface area contributed by atoms with Gasteiger partial charge in [-0.05, 0) is 54.0 Å². The molecule has 0 unspecified atom stereocenters. The minimum atomic E-state index is -0.125. The zero-order valence-electron chi connectivity index (χ0n) is 17.2. The van der Waals surface area contributed by atoms with Crippen LogP contribution < -0.4 is 14.4 Å². The summed E-state index contributed by atoms with van der Waals surface area (Å²) in [6, 6.07) is 23.2. The lowest BCUT2D eigenvalue weighted by atomic mass is 10.1. The van der Waals surface area contributed by atoms with Crippen LogP contribution in [0.1, 0.15) is 16.7 Å². The van der Waals surface area contributed by atoms with Crippen LogP contribution in [-0.4, -0.2) is 17.3 Å². The van der Waals surface area contributed by atoms with Gasteiger partial charge in [0.1, 0.15) is 6.61 Å². The van der Waals surface area contributed by atoms with E-state index in [1.165, 1.54) is 17.3 Å². The first kappa shape index (κ1) is 21.2. The lowest BCUT2D eigenvalue weighted by molar-refractivity contribution is -0.113. The number of thiocarbonyl (C=S) groups is 1. The highest BCUT2D eigenvalue weighted by atomic mass is 32.2. The molecular formula is C25H21NO3S2. The van der Waals surface area contributed by atoms with Crippen molar-refractivity contribution in [3.8, 4) is 11.5 Å². The SMILES string of the molecule is COc1cc(C=C2SC(=S)N(c3ccccc3)C2=O)ccc1OCc1ccccc1C. The largest absolute Gasteiger partial charge is 0.493 e. The Labute approximate surface area is 191 Å². The number of rotatable bonds is 6. The molecule has 0 saturated carbocycles. The highest BCUT2D eigenvalue weighted by molar-refractivity contribution is 8.27. The van der Waals surface area contributed by atoms with Crippen LogP contribution in [0.4, 0.5) is 5.69 Å². The fraction of sp³-hybridized carbons (Fsp3) is 0.120. The average molecular weight is 448 g/mol. The smallest absolute Gasteiger partial charge is 0.270 e. The third kappa shape index (κ3) is 4.65. The van der Waals surface area contributed by atoms with Crippen LogP contribution >= 0.6 is 24.0 Å². The fourth-order valence-electron chi connectivity index (χ4n) is 3.24. The Hall–Kier alpha value is -3.09. The zero-order chi connectivity index (χ0) is 21.8. The first-order valence-corrected chi connectivity index (χ1v) is 11.0. The number of nitrogens with zero attached hydrogens (tertiary/aromatic N) is 1. The van der Waals surface area contributed by atoms with Crippen LogP contribution in [-0.2, 0) is 11.4 Å². The molecule has 3 aromatic rings. The van der Waals surface area contributed by atoms with Crippen LogP contribution in [0, 0.1) is 6.92 Å². The first-order chi connectivity index (χ1) is 15.1. The third-order valence-electron chi connectivity index (χ3n) is 4.94. The van der Waals surface area contributed by atoms with E-state index < -0.39 is 0 Å². The van der Waals surface area contributed by atoms with Gasteiger partial charge in [-0.25, -0.2) is 0 Å². The Morgan fingerprint density at radius 2 is 1.74 bits per heavy atom. The van der Waals surface area contributed by atoms with Gasteiger partial charge >= 0.3 is 0 Å². The maximum Gasteiger partial charge on any atom is 0.270 e. The normalized spacial score (nSPS) is 14.9. The van der Waals surface area contributed by atoms with E-state index in [-0.39, 0.29) is 5.91 Å². The summed E-state index contributed by atoms with van der Waals surface area (Å²) in [4.78, 5) is 15.1. The number of ether oxygens (including phenoxy) is 2. The highest BCUT2D eigenvalue weighted by Crippen LogP contribution is 2.37. The Bertz CT molecular complexity index is 1160. The Kier molecular flexibility index (Phi) is 6.39. The van der Waals surface area contributed by atoms with Crippen LogP contribution in [0.3, 0.4) is 0 Å². The van der Waals surface area contributed by atoms with Crippen molar-refractivity contribution in [1.29, 1.82) is 0 Å². The summed E-state index contributed by atoms with van der Waals surface area (Å²) in [5.74, 6) is 1.14. The molecule has 1 amide bonds. The molecular weight excluding hydrogens is 426 g/mol. The maximum absolute atomic E-state index is 12.9. The van der Waals surface area contributed by atoms with E-state index in [0.29, 0.717) is 27.3 Å². The number of anilines is 1. The van der Waals surface area contributed by atoms with Crippen molar-refractivity contribution in [2.24, 2.45) is 0 Å². The van der Waals surface area contributed by atoms with Crippen molar-refractivity contribution in [3.05, 3.63) is 94.4 Å². The van der Waals surface area contributed by atoms with E-state index in [9.17, 15) is 4.79 Å². The lowest BCUT2D eigenvalue weighted by Crippen LogP contribution is -2.27. The second-order valence-electron chi connectivity index (χ2n) is 6.98. The molecule has 0 aromatic heterocycles. The predicted octanol–water partition coefficient (Wildman–Crippen LogP) is 5.99. The molecule has 156 valence electrons. The van der Waals surface area contributed by atoms with Gasteiger partial charge in [0.05, 0.1) is 17.7 Å². The van der Waals surface area contributed by atoms with E-state index in [2.05, 4.69) is 13.0 Å². The molecule has 1 aliphatic heterocycles. The monoisotopic (exact) mass is 447 g/mol. The molecule has 0 bridgehead atoms. The summed E-state index contributed by atoms with van der Waals surface area (Å²) >= 11 is 6.73. The van der Waals surface area contributed by atoms with Gasteiger partial charge in [-0.15, -0.1) is 0 Å². The number of aryl methyl sites for hydroxylation is 1. The quantitative estimate of drug-likeness (QED) is 0.343. The molecule has 0 spiro atoms. The summed E-state index contributed by atoms with van der Waals surface area (Å²) in [6.45, 7) is 2.52. The summed E-state index contributed by atoms with van der Waals surface area (Å²) in [7, 11) is 1.61. The molecule has 1 aliphatic rings. The average Bonchev–Trinajstić information content (AvgIpc) is 3.07. The van der Waals surface area contributed by atoms with Crippen molar-refractivity contribution in [2.75, 3.05) is 12.0 Å². The standard InChI is InChI=1S/C25H21NO3S2/c1-17-8-6-7-9-19(17)16-29-21-13-12-18(14-22(21)28-2)15-23-24(27)26(25(30)31-23)20-10-4-3-5-11-20/h3-15H,16H2,1-2H3. The maximum atomic E-state index is 12.9. The van der Waals surface area contributed by atoms with Gasteiger partial charge in [-0.1, -0.05) is 72.5 Å². The number of hydrogen-bond acceptors (Lipinski definition) is 5. The van der Waals surface area contributed by atoms with Gasteiger partial charge in [-0.3, -0.25) is 9.69 Å². The van der Waals surface area contributed by atoms with Gasteiger partial charge in [0, 0.05) is 0 Å². The van der Waals surface area contributed by atoms with Crippen molar-refractivity contribution >= 4 is 46.0 Å². The molecule has 1 heterocycles. The minimum absolute atomic E-state index is 0.125. The van der Waals surface area contributed by atoms with Crippen LogP contribution in [0.25, 0.3) is 6.08 Å². The van der Waals surface area contributed by atoms with Crippen molar-refractivity contribution in [2.45, 2.75) is 13.5 Å². The first-order valence-electron chi connectivity index (χ1n) is 9.75. The molecule has 0 atom stereocenters. The number of methoxy groups -OCH3 is 1. The molecule has 1 saturated heterocycles. The number of hydrogen-bond donors (Lipinski definition) is 0. The Morgan fingerprint density at radius 1 is 1.00 bits per heavy atom. The molecule has 4 rings (SSSR count). The fourth-order valence-corrected chi connectivity index (χ4v) is 4.54. The number of amides is 1. The predicted molar refractivity (Wildman–Crippen MR) is 131 cm³/mol. The Morgan fingerprint density at radius 3 is 2.48 bits per heavy atom. The van der Waals surface area contributed by atoms with E-state index >= 15 is 0 Å². The highest BCUT2D eigenvalue weighted by Gasteiger charge is 2.33. The van der Waals surface area contributed by atoms with Crippen molar-refractivity contribution < 1.29 is 14.3 Å². The summed E-state index contributed by atoms with van der Waals surface area (Å²) < 4.78 is 12.0. The van der Waals surface area contributed by atoms with Crippen LogP contribution in [0.5, 0.6) is 11.5 Å². The summed E-state index contributed by atoms with van der Waals surface area (Å²) in [5.41, 5.74) is 3.91. The van der Waals surface area contributed by atoms with E-state index in [0.717, 1.165) is 16.8 Å². The van der Waals surface area contributed by atoms with E-state index in [1.807, 2.05) is 72.8 Å².